The van der Waals surface area contributed by atoms with E-state index in [1.165, 1.54) is 25.3 Å². The van der Waals surface area contributed by atoms with Gasteiger partial charge in [0.05, 0.1) is 18.4 Å². The fraction of sp³-hybridized carbons (Fsp3) is 0.0769. The van der Waals surface area contributed by atoms with Gasteiger partial charge in [0.15, 0.2) is 0 Å². The number of imide groups is 2. The summed E-state index contributed by atoms with van der Waals surface area (Å²) >= 11 is 5.88. The molecule has 0 radical (unpaired) electrons. The number of urea groups is 1. The molecule has 3 aromatic carbocycles. The number of methoxy groups -OCH3 is 1. The van der Waals surface area contributed by atoms with E-state index in [1.54, 1.807) is 48.5 Å². The molecule has 0 bridgehead atoms. The maximum atomic E-state index is 13.1. The van der Waals surface area contributed by atoms with Crippen LogP contribution >= 0.6 is 11.6 Å². The van der Waals surface area contributed by atoms with Gasteiger partial charge in [-0.3, -0.25) is 14.9 Å². The molecule has 0 saturated carbocycles. The van der Waals surface area contributed by atoms with Crippen molar-refractivity contribution in [2.75, 3.05) is 12.0 Å². The van der Waals surface area contributed by atoms with Gasteiger partial charge < -0.3 is 9.47 Å². The van der Waals surface area contributed by atoms with Crippen molar-refractivity contribution in [3.8, 4) is 5.75 Å². The highest BCUT2D eigenvalue weighted by atomic mass is 35.5. The predicted octanol–water partition coefficient (Wildman–Crippen LogP) is 4.37. The SMILES string of the molecule is COC(=O)c1ccc(C=C2C(=O)NC(=O)N(c3ccc(OCc4ccc(Cl)cc4)cc3)C2=O)cc1. The number of carbonyl (C=O) groups is 4. The van der Waals surface area contributed by atoms with E-state index >= 15 is 0 Å². The fourth-order valence-corrected chi connectivity index (χ4v) is 3.46. The number of carbonyl (C=O) groups excluding carboxylic acids is 4. The third-order valence-corrected chi connectivity index (χ3v) is 5.41. The Balaban J connectivity index is 1.51. The van der Waals surface area contributed by atoms with E-state index in [2.05, 4.69) is 10.1 Å². The van der Waals surface area contributed by atoms with Crippen molar-refractivity contribution in [1.29, 1.82) is 0 Å². The van der Waals surface area contributed by atoms with Gasteiger partial charge in [0.1, 0.15) is 17.9 Å². The molecule has 3 aromatic rings. The second-order valence-corrected chi connectivity index (χ2v) is 7.92. The van der Waals surface area contributed by atoms with Crippen LogP contribution in [0, 0.1) is 0 Å². The van der Waals surface area contributed by atoms with E-state index in [0.717, 1.165) is 10.5 Å². The molecule has 1 fully saturated rings. The Morgan fingerprint density at radius 3 is 2.23 bits per heavy atom. The Morgan fingerprint density at radius 1 is 0.943 bits per heavy atom. The number of ether oxygens (including phenoxy) is 2. The van der Waals surface area contributed by atoms with E-state index in [4.69, 9.17) is 16.3 Å². The number of hydrogen-bond acceptors (Lipinski definition) is 6. The number of rotatable bonds is 6. The minimum absolute atomic E-state index is 0.224. The first-order valence-corrected chi connectivity index (χ1v) is 10.8. The van der Waals surface area contributed by atoms with Crippen LogP contribution in [0.3, 0.4) is 0 Å². The number of esters is 1. The van der Waals surface area contributed by atoms with Gasteiger partial charge in [-0.2, -0.15) is 0 Å². The quantitative estimate of drug-likeness (QED) is 0.313. The molecule has 1 N–H and O–H groups in total. The molecule has 1 saturated heterocycles. The summed E-state index contributed by atoms with van der Waals surface area (Å²) in [7, 11) is 1.27. The minimum atomic E-state index is -0.854. The normalized spacial score (nSPS) is 14.6. The standard InChI is InChI=1S/C26H19ClN2O6/c1-34-25(32)18-6-2-16(3-7-18)14-22-23(30)28-26(33)29(24(22)31)20-10-12-21(13-11-20)35-15-17-4-8-19(27)9-5-17/h2-14H,15H2,1H3,(H,28,30,33). The van der Waals surface area contributed by atoms with Crippen LogP contribution in [0.15, 0.2) is 78.4 Å². The summed E-state index contributed by atoms with van der Waals surface area (Å²) in [4.78, 5) is 50.3. The van der Waals surface area contributed by atoms with E-state index in [0.29, 0.717) is 28.5 Å². The predicted molar refractivity (Wildman–Crippen MR) is 129 cm³/mol. The molecular weight excluding hydrogens is 472 g/mol. The third-order valence-electron chi connectivity index (χ3n) is 5.16. The van der Waals surface area contributed by atoms with Crippen molar-refractivity contribution in [3.05, 3.63) is 100 Å². The van der Waals surface area contributed by atoms with Crippen molar-refractivity contribution < 1.29 is 28.7 Å². The van der Waals surface area contributed by atoms with Crippen molar-refractivity contribution in [1.82, 2.24) is 5.32 Å². The van der Waals surface area contributed by atoms with Gasteiger partial charge in [-0.25, -0.2) is 14.5 Å². The summed E-state index contributed by atoms with van der Waals surface area (Å²) in [6.07, 6.45) is 1.35. The molecule has 35 heavy (non-hydrogen) atoms. The number of nitrogens with zero attached hydrogens (tertiary/aromatic N) is 1. The molecule has 0 atom stereocenters. The van der Waals surface area contributed by atoms with Gasteiger partial charge in [0, 0.05) is 5.02 Å². The van der Waals surface area contributed by atoms with Crippen molar-refractivity contribution >= 4 is 47.2 Å². The summed E-state index contributed by atoms with van der Waals surface area (Å²) < 4.78 is 10.4. The summed E-state index contributed by atoms with van der Waals surface area (Å²) in [5.41, 5.74) is 1.79. The molecule has 0 aliphatic carbocycles. The summed E-state index contributed by atoms with van der Waals surface area (Å²) in [5.74, 6) is -1.55. The first kappa shape index (κ1) is 23.7. The molecule has 1 heterocycles. The number of nitrogens with one attached hydrogen (secondary N) is 1. The molecular formula is C26H19ClN2O6. The Bertz CT molecular complexity index is 1320. The zero-order valence-electron chi connectivity index (χ0n) is 18.5. The summed E-state index contributed by atoms with van der Waals surface area (Å²) in [6.45, 7) is 0.315. The summed E-state index contributed by atoms with van der Waals surface area (Å²) in [5, 5.41) is 2.81. The zero-order valence-corrected chi connectivity index (χ0v) is 19.2. The molecule has 9 heteroatoms. The molecule has 1 aliphatic heterocycles. The average molecular weight is 491 g/mol. The van der Waals surface area contributed by atoms with E-state index in [1.807, 2.05) is 12.1 Å². The lowest BCUT2D eigenvalue weighted by atomic mass is 10.1. The second kappa shape index (κ2) is 10.2. The number of amides is 4. The van der Waals surface area contributed by atoms with Gasteiger partial charge in [-0.05, 0) is 65.7 Å². The van der Waals surface area contributed by atoms with E-state index in [9.17, 15) is 19.2 Å². The number of barbiturate groups is 1. The number of anilines is 1. The number of hydrogen-bond donors (Lipinski definition) is 1. The van der Waals surface area contributed by atoms with E-state index < -0.39 is 23.8 Å². The molecule has 0 spiro atoms. The van der Waals surface area contributed by atoms with Crippen LogP contribution in [0.25, 0.3) is 6.08 Å². The Labute approximate surface area is 205 Å². The molecule has 0 unspecified atom stereocenters. The van der Waals surface area contributed by atoms with Crippen molar-refractivity contribution in [2.24, 2.45) is 0 Å². The highest BCUT2D eigenvalue weighted by Gasteiger charge is 2.36. The Kier molecular flexibility index (Phi) is 6.93. The zero-order chi connectivity index (χ0) is 24.9. The lowest BCUT2D eigenvalue weighted by Crippen LogP contribution is -2.54. The van der Waals surface area contributed by atoms with Crippen molar-refractivity contribution in [2.45, 2.75) is 6.61 Å². The third kappa shape index (κ3) is 5.39. The van der Waals surface area contributed by atoms with E-state index in [-0.39, 0.29) is 11.3 Å². The highest BCUT2D eigenvalue weighted by Crippen LogP contribution is 2.25. The molecule has 4 rings (SSSR count). The van der Waals surface area contributed by atoms with Crippen LogP contribution < -0.4 is 15.0 Å². The average Bonchev–Trinajstić information content (AvgIpc) is 2.87. The lowest BCUT2D eigenvalue weighted by Gasteiger charge is -2.26. The molecule has 176 valence electrons. The first-order chi connectivity index (χ1) is 16.9. The van der Waals surface area contributed by atoms with Gasteiger partial charge >= 0.3 is 12.0 Å². The van der Waals surface area contributed by atoms with Crippen LogP contribution in [0.5, 0.6) is 5.75 Å². The molecule has 4 amide bonds. The van der Waals surface area contributed by atoms with Crippen LogP contribution in [0.1, 0.15) is 21.5 Å². The largest absolute Gasteiger partial charge is 0.489 e. The van der Waals surface area contributed by atoms with Crippen LogP contribution in [-0.2, 0) is 20.9 Å². The van der Waals surface area contributed by atoms with Gasteiger partial charge in [0.25, 0.3) is 11.8 Å². The molecule has 1 aliphatic rings. The monoisotopic (exact) mass is 490 g/mol. The summed E-state index contributed by atoms with van der Waals surface area (Å²) in [6, 6.07) is 18.9. The minimum Gasteiger partial charge on any atom is -0.489 e. The molecule has 8 nitrogen and oxygen atoms in total. The van der Waals surface area contributed by atoms with Crippen LogP contribution in [0.4, 0.5) is 10.5 Å². The maximum Gasteiger partial charge on any atom is 0.337 e. The number of halogens is 1. The van der Waals surface area contributed by atoms with Gasteiger partial charge in [0.2, 0.25) is 0 Å². The lowest BCUT2D eigenvalue weighted by molar-refractivity contribution is -0.122. The first-order valence-electron chi connectivity index (χ1n) is 10.4. The van der Waals surface area contributed by atoms with Gasteiger partial charge in [-0.15, -0.1) is 0 Å². The smallest absolute Gasteiger partial charge is 0.337 e. The van der Waals surface area contributed by atoms with Crippen molar-refractivity contribution in [3.63, 3.8) is 0 Å². The Hall–Kier alpha value is -4.43. The fourth-order valence-electron chi connectivity index (χ4n) is 3.33. The molecule has 0 aromatic heterocycles. The topological polar surface area (TPSA) is 102 Å². The van der Waals surface area contributed by atoms with Crippen LogP contribution in [0.2, 0.25) is 5.02 Å². The highest BCUT2D eigenvalue weighted by molar-refractivity contribution is 6.39. The maximum absolute atomic E-state index is 13.1. The van der Waals surface area contributed by atoms with Crippen LogP contribution in [-0.4, -0.2) is 30.9 Å². The number of benzene rings is 3. The second-order valence-electron chi connectivity index (χ2n) is 7.48. The van der Waals surface area contributed by atoms with Gasteiger partial charge in [-0.1, -0.05) is 35.9 Å². The Morgan fingerprint density at radius 2 is 1.60 bits per heavy atom.